The van der Waals surface area contributed by atoms with Crippen molar-refractivity contribution in [3.63, 3.8) is 0 Å². The lowest BCUT2D eigenvalue weighted by Crippen LogP contribution is -2.46. The van der Waals surface area contributed by atoms with Crippen LogP contribution in [0.4, 0.5) is 0 Å². The first-order chi connectivity index (χ1) is 7.24. The highest BCUT2D eigenvalue weighted by atomic mass is 32.1. The van der Waals surface area contributed by atoms with Crippen LogP contribution in [-0.2, 0) is 13.3 Å². The lowest BCUT2D eigenvalue weighted by atomic mass is 10.5. The average molecular weight is 253 g/mol. The topological polar surface area (TPSA) is 39.7 Å². The van der Waals surface area contributed by atoms with Gasteiger partial charge in [0.2, 0.25) is 0 Å². The van der Waals surface area contributed by atoms with Gasteiger partial charge in [-0.2, -0.15) is 0 Å². The second-order valence-electron chi connectivity index (χ2n) is 2.99. The van der Waals surface area contributed by atoms with Gasteiger partial charge in [0.05, 0.1) is 0 Å². The maximum atomic E-state index is 5.70. The Morgan fingerprint density at radius 2 is 1.47 bits per heavy atom. The van der Waals surface area contributed by atoms with E-state index in [1.54, 1.807) is 0 Å². The number of hydrogen-bond acceptors (Lipinski definition) is 5. The summed E-state index contributed by atoms with van der Waals surface area (Å²) in [5, 5.41) is 0. The van der Waals surface area contributed by atoms with Crippen LogP contribution in [0.5, 0.6) is 0 Å². The Morgan fingerprint density at radius 3 is 1.80 bits per heavy atom. The van der Waals surface area contributed by atoms with E-state index in [0.29, 0.717) is 19.8 Å². The Bertz CT molecular complexity index is 134. The number of hydrogen-bond donors (Lipinski definition) is 2. The summed E-state index contributed by atoms with van der Waals surface area (Å²) in [5.41, 5.74) is 0. The molecule has 0 fully saturated rings. The van der Waals surface area contributed by atoms with Crippen LogP contribution in [0.15, 0.2) is 0 Å². The van der Waals surface area contributed by atoms with Crippen molar-refractivity contribution >= 4 is 21.6 Å². The van der Waals surface area contributed by atoms with E-state index >= 15 is 0 Å². The summed E-state index contributed by atoms with van der Waals surface area (Å²) in [5.74, 6) is 0. The molecule has 1 N–H and O–H groups in total. The van der Waals surface area contributed by atoms with Crippen LogP contribution in [-0.4, -0.2) is 35.2 Å². The minimum Gasteiger partial charge on any atom is -0.374 e. The molecule has 0 heterocycles. The van der Waals surface area contributed by atoms with Crippen molar-refractivity contribution in [2.24, 2.45) is 0 Å². The zero-order valence-electron chi connectivity index (χ0n) is 9.91. The molecule has 92 valence electrons. The lowest BCUT2D eigenvalue weighted by molar-refractivity contribution is 0.0709. The molecule has 0 amide bonds. The van der Waals surface area contributed by atoms with Crippen LogP contribution in [0.3, 0.4) is 0 Å². The highest BCUT2D eigenvalue weighted by Gasteiger charge is 2.39. The summed E-state index contributed by atoms with van der Waals surface area (Å²) < 4.78 is 19.9. The van der Waals surface area contributed by atoms with E-state index in [1.165, 1.54) is 0 Å². The first kappa shape index (κ1) is 15.4. The third-order valence-corrected chi connectivity index (χ3v) is 5.24. The fourth-order valence-corrected chi connectivity index (χ4v) is 4.16. The van der Waals surface area contributed by atoms with Gasteiger partial charge in [-0.25, -0.2) is 0 Å². The molecule has 4 nitrogen and oxygen atoms in total. The van der Waals surface area contributed by atoms with Crippen molar-refractivity contribution in [1.82, 2.24) is 4.72 Å². The van der Waals surface area contributed by atoms with Crippen LogP contribution in [0.25, 0.3) is 0 Å². The summed E-state index contributed by atoms with van der Waals surface area (Å²) in [6, 6.07) is 0.843. The largest absolute Gasteiger partial charge is 0.500 e. The van der Waals surface area contributed by atoms with Gasteiger partial charge >= 0.3 is 8.80 Å². The van der Waals surface area contributed by atoms with E-state index in [9.17, 15) is 0 Å². The van der Waals surface area contributed by atoms with Crippen LogP contribution in [0.1, 0.15) is 27.2 Å². The van der Waals surface area contributed by atoms with E-state index in [1.807, 2.05) is 20.8 Å². The summed E-state index contributed by atoms with van der Waals surface area (Å²) in [6.45, 7) is 8.66. The van der Waals surface area contributed by atoms with E-state index in [2.05, 4.69) is 17.5 Å². The van der Waals surface area contributed by atoms with Gasteiger partial charge in [-0.15, -0.1) is 0 Å². The molecule has 6 heteroatoms. The average Bonchev–Trinajstić information content (AvgIpc) is 2.19. The molecule has 0 atom stereocenters. The monoisotopic (exact) mass is 253 g/mol. The molecule has 0 saturated carbocycles. The smallest absolute Gasteiger partial charge is 0.374 e. The molecule has 0 bridgehead atoms. The van der Waals surface area contributed by atoms with Gasteiger partial charge in [-0.05, 0) is 27.2 Å². The molecule has 0 aromatic carbocycles. The molecule has 15 heavy (non-hydrogen) atoms. The van der Waals surface area contributed by atoms with Crippen LogP contribution in [0.2, 0.25) is 6.04 Å². The zero-order valence-corrected chi connectivity index (χ0v) is 11.8. The molecule has 0 spiro atoms. The zero-order chi connectivity index (χ0) is 11.6. The van der Waals surface area contributed by atoms with Gasteiger partial charge in [0.1, 0.15) is 0 Å². The van der Waals surface area contributed by atoms with Crippen molar-refractivity contribution in [3.8, 4) is 0 Å². The third kappa shape index (κ3) is 6.55. The molecule has 0 rings (SSSR count). The Hall–Kier alpha value is 0.407. The van der Waals surface area contributed by atoms with Gasteiger partial charge in [0, 0.05) is 32.4 Å². The highest BCUT2D eigenvalue weighted by molar-refractivity contribution is 7.78. The lowest BCUT2D eigenvalue weighted by Gasteiger charge is -2.28. The first-order valence-electron chi connectivity index (χ1n) is 5.53. The fraction of sp³-hybridized carbons (Fsp3) is 1.00. The number of thiol groups is 1. The van der Waals surface area contributed by atoms with Crippen molar-refractivity contribution in [2.45, 2.75) is 33.2 Å². The van der Waals surface area contributed by atoms with Gasteiger partial charge in [0.15, 0.2) is 0 Å². The van der Waals surface area contributed by atoms with Crippen LogP contribution in [0, 0.1) is 0 Å². The predicted molar refractivity (Wildman–Crippen MR) is 67.0 cm³/mol. The predicted octanol–water partition coefficient (Wildman–Crippen LogP) is 1.86. The maximum absolute atomic E-state index is 5.70. The molecule has 0 aliphatic rings. The highest BCUT2D eigenvalue weighted by Crippen LogP contribution is 2.17. The van der Waals surface area contributed by atoms with Gasteiger partial charge < -0.3 is 13.3 Å². The van der Waals surface area contributed by atoms with Crippen LogP contribution >= 0.6 is 12.8 Å². The summed E-state index contributed by atoms with van der Waals surface area (Å²) in [6.07, 6.45) is 0.954. The first-order valence-corrected chi connectivity index (χ1v) is 7.91. The van der Waals surface area contributed by atoms with Crippen molar-refractivity contribution in [3.05, 3.63) is 0 Å². The molecule has 0 aromatic rings. The van der Waals surface area contributed by atoms with Crippen LogP contribution < -0.4 is 4.72 Å². The summed E-state index contributed by atoms with van der Waals surface area (Å²) in [7, 11) is -2.41. The molecule has 0 saturated heterocycles. The van der Waals surface area contributed by atoms with Crippen molar-refractivity contribution in [1.29, 1.82) is 0 Å². The molecule has 0 radical (unpaired) electrons. The number of rotatable bonds is 10. The maximum Gasteiger partial charge on any atom is 0.500 e. The fourth-order valence-electron chi connectivity index (χ4n) is 1.39. The van der Waals surface area contributed by atoms with Gasteiger partial charge in [-0.3, -0.25) is 4.72 Å². The number of nitrogens with one attached hydrogen (secondary N) is 1. The standard InChI is InChI=1S/C9H23NO3SSi/c1-4-11-15(12-5-2,13-6-3)9-7-8-10-14/h10,14H,4-9H2,1-3H3. The van der Waals surface area contributed by atoms with Gasteiger partial charge in [0.25, 0.3) is 0 Å². The Labute approximate surface area is 99.6 Å². The molecule has 0 aromatic heterocycles. The molecular formula is C9H23NO3SSi. The minimum absolute atomic E-state index is 0.639. The molecule has 0 aliphatic carbocycles. The minimum atomic E-state index is -2.41. The van der Waals surface area contributed by atoms with E-state index in [-0.39, 0.29) is 0 Å². The SMILES string of the molecule is CCO[Si](CCCNS)(OCC)OCC. The molecule has 0 unspecified atom stereocenters. The van der Waals surface area contributed by atoms with Crippen molar-refractivity contribution < 1.29 is 13.3 Å². The Balaban J connectivity index is 4.18. The second-order valence-corrected chi connectivity index (χ2v) is 6.04. The quantitative estimate of drug-likeness (QED) is 0.354. The van der Waals surface area contributed by atoms with E-state index in [4.69, 9.17) is 13.3 Å². The molecule has 0 aliphatic heterocycles. The molecular weight excluding hydrogens is 230 g/mol. The van der Waals surface area contributed by atoms with E-state index < -0.39 is 8.80 Å². The second kappa shape index (κ2) is 9.62. The van der Waals surface area contributed by atoms with Gasteiger partial charge in [-0.1, -0.05) is 12.8 Å². The normalized spacial score (nSPS) is 12.0. The third-order valence-electron chi connectivity index (χ3n) is 1.86. The summed E-state index contributed by atoms with van der Waals surface area (Å²) >= 11 is 3.95. The summed E-state index contributed by atoms with van der Waals surface area (Å²) in [4.78, 5) is 0. The van der Waals surface area contributed by atoms with Crippen molar-refractivity contribution in [2.75, 3.05) is 26.4 Å². The Morgan fingerprint density at radius 1 is 1.00 bits per heavy atom. The van der Waals surface area contributed by atoms with E-state index in [0.717, 1.165) is 19.0 Å². The Kier molecular flexibility index (Phi) is 9.88.